The van der Waals surface area contributed by atoms with Crippen molar-refractivity contribution < 1.29 is 0 Å². The summed E-state index contributed by atoms with van der Waals surface area (Å²) in [4.78, 5) is 8.20. The van der Waals surface area contributed by atoms with Crippen LogP contribution in [0.4, 0.5) is 5.95 Å². The van der Waals surface area contributed by atoms with Crippen LogP contribution in [-0.4, -0.2) is 19.7 Å². The number of aromatic nitrogens is 4. The summed E-state index contributed by atoms with van der Waals surface area (Å²) in [6.45, 7) is 4.71. The predicted molar refractivity (Wildman–Crippen MR) is 50.1 cm³/mol. The zero-order valence-corrected chi connectivity index (χ0v) is 7.65. The highest BCUT2D eigenvalue weighted by molar-refractivity contribution is 5.77. The summed E-state index contributed by atoms with van der Waals surface area (Å²) in [6.07, 6.45) is 1.77. The maximum Gasteiger partial charge on any atom is 0.222 e. The lowest BCUT2D eigenvalue weighted by molar-refractivity contribution is 0.676. The van der Waals surface area contributed by atoms with Crippen LogP contribution in [0.15, 0.2) is 6.20 Å². The van der Waals surface area contributed by atoms with Crippen LogP contribution in [0, 0.1) is 6.92 Å². The third-order valence-electron chi connectivity index (χ3n) is 2.00. The minimum absolute atomic E-state index is 0.306. The number of nitrogens with zero attached hydrogens (tertiary/aromatic N) is 4. The maximum absolute atomic E-state index is 5.54. The monoisotopic (exact) mass is 177 g/mol. The standard InChI is InChI=1S/C8H11N5/c1-3-13-7-6(4-10-13)5(2)11-8(9)12-7/h4H,3H2,1-2H3,(H2,9,11,12). The lowest BCUT2D eigenvalue weighted by atomic mass is 10.3. The third kappa shape index (κ3) is 1.12. The lowest BCUT2D eigenvalue weighted by Crippen LogP contribution is -2.02. The van der Waals surface area contributed by atoms with E-state index in [0.29, 0.717) is 5.95 Å². The van der Waals surface area contributed by atoms with Crippen molar-refractivity contribution in [1.29, 1.82) is 0 Å². The van der Waals surface area contributed by atoms with E-state index in [4.69, 9.17) is 5.73 Å². The summed E-state index contributed by atoms with van der Waals surface area (Å²) < 4.78 is 1.81. The molecule has 0 amide bonds. The predicted octanol–water partition coefficient (Wildman–Crippen LogP) is 0.737. The van der Waals surface area contributed by atoms with Gasteiger partial charge in [-0.2, -0.15) is 10.1 Å². The number of rotatable bonds is 1. The van der Waals surface area contributed by atoms with E-state index in [1.807, 2.05) is 13.8 Å². The van der Waals surface area contributed by atoms with E-state index in [-0.39, 0.29) is 0 Å². The summed E-state index contributed by atoms with van der Waals surface area (Å²) in [5.74, 6) is 0.306. The quantitative estimate of drug-likeness (QED) is 0.697. The number of nitrogens with two attached hydrogens (primary N) is 1. The summed E-state index contributed by atoms with van der Waals surface area (Å²) in [6, 6.07) is 0. The van der Waals surface area contributed by atoms with Crippen LogP contribution < -0.4 is 5.73 Å². The molecular formula is C8H11N5. The Morgan fingerprint density at radius 3 is 2.92 bits per heavy atom. The third-order valence-corrected chi connectivity index (χ3v) is 2.00. The minimum atomic E-state index is 0.306. The molecule has 0 atom stereocenters. The molecule has 0 bridgehead atoms. The number of nitrogen functional groups attached to an aromatic ring is 1. The summed E-state index contributed by atoms with van der Waals surface area (Å²) >= 11 is 0. The lowest BCUT2D eigenvalue weighted by Gasteiger charge is -1.99. The Morgan fingerprint density at radius 2 is 2.23 bits per heavy atom. The van der Waals surface area contributed by atoms with E-state index in [2.05, 4.69) is 15.1 Å². The smallest absolute Gasteiger partial charge is 0.222 e. The molecule has 0 aliphatic heterocycles. The second-order valence-corrected chi connectivity index (χ2v) is 2.86. The van der Waals surface area contributed by atoms with Crippen LogP contribution in [0.1, 0.15) is 12.6 Å². The number of aryl methyl sites for hydroxylation is 2. The topological polar surface area (TPSA) is 69.6 Å². The van der Waals surface area contributed by atoms with Gasteiger partial charge in [-0.25, -0.2) is 9.67 Å². The van der Waals surface area contributed by atoms with Gasteiger partial charge in [-0.1, -0.05) is 0 Å². The van der Waals surface area contributed by atoms with E-state index in [0.717, 1.165) is 23.3 Å². The van der Waals surface area contributed by atoms with Crippen LogP contribution in [0.3, 0.4) is 0 Å². The van der Waals surface area contributed by atoms with Gasteiger partial charge in [-0.3, -0.25) is 0 Å². The Bertz CT molecular complexity index is 445. The van der Waals surface area contributed by atoms with Gasteiger partial charge in [0.25, 0.3) is 0 Å². The van der Waals surface area contributed by atoms with Crippen molar-refractivity contribution in [2.24, 2.45) is 0 Å². The van der Waals surface area contributed by atoms with Gasteiger partial charge in [-0.15, -0.1) is 0 Å². The first-order chi connectivity index (χ1) is 6.22. The molecule has 2 aromatic rings. The highest BCUT2D eigenvalue weighted by Crippen LogP contribution is 2.14. The average molecular weight is 177 g/mol. The molecule has 0 unspecified atom stereocenters. The van der Waals surface area contributed by atoms with Crippen LogP contribution >= 0.6 is 0 Å². The van der Waals surface area contributed by atoms with Gasteiger partial charge in [0.15, 0.2) is 5.65 Å². The van der Waals surface area contributed by atoms with Crippen molar-refractivity contribution in [3.8, 4) is 0 Å². The van der Waals surface area contributed by atoms with E-state index in [1.54, 1.807) is 10.9 Å². The van der Waals surface area contributed by atoms with Crippen molar-refractivity contribution in [2.45, 2.75) is 20.4 Å². The van der Waals surface area contributed by atoms with Gasteiger partial charge in [0.05, 0.1) is 17.3 Å². The van der Waals surface area contributed by atoms with Crippen LogP contribution in [0.25, 0.3) is 11.0 Å². The summed E-state index contributed by atoms with van der Waals surface area (Å²) in [5.41, 5.74) is 7.23. The molecule has 5 nitrogen and oxygen atoms in total. The fraction of sp³-hybridized carbons (Fsp3) is 0.375. The first kappa shape index (κ1) is 7.97. The number of hydrogen-bond donors (Lipinski definition) is 1. The number of fused-ring (bicyclic) bond motifs is 1. The SMILES string of the molecule is CCn1ncc2c(C)nc(N)nc21. The Labute approximate surface area is 75.6 Å². The molecule has 0 saturated carbocycles. The zero-order valence-electron chi connectivity index (χ0n) is 7.65. The molecule has 0 aromatic carbocycles. The van der Waals surface area contributed by atoms with E-state index >= 15 is 0 Å². The van der Waals surface area contributed by atoms with Gasteiger partial charge in [0, 0.05) is 6.54 Å². The Balaban J connectivity index is 2.82. The van der Waals surface area contributed by atoms with Crippen LogP contribution in [0.2, 0.25) is 0 Å². The molecule has 2 rings (SSSR count). The fourth-order valence-electron chi connectivity index (χ4n) is 1.35. The van der Waals surface area contributed by atoms with Crippen LogP contribution in [0.5, 0.6) is 0 Å². The fourth-order valence-corrected chi connectivity index (χ4v) is 1.35. The van der Waals surface area contributed by atoms with E-state index < -0.39 is 0 Å². The average Bonchev–Trinajstić information content (AvgIpc) is 2.47. The highest BCUT2D eigenvalue weighted by Gasteiger charge is 2.06. The number of anilines is 1. The molecule has 2 aromatic heterocycles. The van der Waals surface area contributed by atoms with Gasteiger partial charge in [0.2, 0.25) is 5.95 Å². The van der Waals surface area contributed by atoms with Crippen molar-refractivity contribution >= 4 is 17.0 Å². The van der Waals surface area contributed by atoms with Crippen LogP contribution in [-0.2, 0) is 6.54 Å². The molecule has 0 saturated heterocycles. The maximum atomic E-state index is 5.54. The second kappa shape index (κ2) is 2.69. The normalized spacial score (nSPS) is 10.9. The van der Waals surface area contributed by atoms with Crippen molar-refractivity contribution in [3.05, 3.63) is 11.9 Å². The van der Waals surface area contributed by atoms with Crippen molar-refractivity contribution in [3.63, 3.8) is 0 Å². The molecule has 2 heterocycles. The molecule has 0 radical (unpaired) electrons. The second-order valence-electron chi connectivity index (χ2n) is 2.86. The molecule has 0 spiro atoms. The molecule has 13 heavy (non-hydrogen) atoms. The summed E-state index contributed by atoms with van der Waals surface area (Å²) in [7, 11) is 0. The highest BCUT2D eigenvalue weighted by atomic mass is 15.3. The molecule has 0 fully saturated rings. The van der Waals surface area contributed by atoms with Gasteiger partial charge < -0.3 is 5.73 Å². The summed E-state index contributed by atoms with van der Waals surface area (Å²) in [5, 5.41) is 5.14. The molecule has 68 valence electrons. The molecular weight excluding hydrogens is 166 g/mol. The molecule has 5 heteroatoms. The van der Waals surface area contributed by atoms with E-state index in [1.165, 1.54) is 0 Å². The molecule has 0 aliphatic rings. The Morgan fingerprint density at radius 1 is 1.46 bits per heavy atom. The number of hydrogen-bond acceptors (Lipinski definition) is 4. The van der Waals surface area contributed by atoms with Gasteiger partial charge >= 0.3 is 0 Å². The largest absolute Gasteiger partial charge is 0.368 e. The molecule has 2 N–H and O–H groups in total. The van der Waals surface area contributed by atoms with Gasteiger partial charge in [-0.05, 0) is 13.8 Å². The Hall–Kier alpha value is -1.65. The Kier molecular flexibility index (Phi) is 1.65. The first-order valence-electron chi connectivity index (χ1n) is 4.18. The zero-order chi connectivity index (χ0) is 9.42. The van der Waals surface area contributed by atoms with E-state index in [9.17, 15) is 0 Å². The van der Waals surface area contributed by atoms with Crippen molar-refractivity contribution in [1.82, 2.24) is 19.7 Å². The van der Waals surface area contributed by atoms with Crippen molar-refractivity contribution in [2.75, 3.05) is 5.73 Å². The first-order valence-corrected chi connectivity index (χ1v) is 4.18. The molecule has 0 aliphatic carbocycles. The van der Waals surface area contributed by atoms with Gasteiger partial charge in [0.1, 0.15) is 0 Å². The minimum Gasteiger partial charge on any atom is -0.368 e.